The van der Waals surface area contributed by atoms with Gasteiger partial charge < -0.3 is 0 Å². The molecule has 0 unspecified atom stereocenters. The first-order valence-corrected chi connectivity index (χ1v) is 18.7. The van der Waals surface area contributed by atoms with Crippen LogP contribution in [0.4, 0.5) is 0 Å². The summed E-state index contributed by atoms with van der Waals surface area (Å²) >= 11 is 0. The molecule has 258 valence electrons. The number of nitrogens with zero attached hydrogens (tertiary/aromatic N) is 6. The molecule has 6 heterocycles. The van der Waals surface area contributed by atoms with Gasteiger partial charge in [0.05, 0.1) is 39.0 Å². The number of para-hydroxylation sites is 1. The lowest BCUT2D eigenvalue weighted by Gasteiger charge is -2.16. The van der Waals surface area contributed by atoms with E-state index >= 15 is 0 Å². The second-order valence-corrected chi connectivity index (χ2v) is 14.2. The maximum Gasteiger partial charge on any atom is 0.0971 e. The molecule has 0 N–H and O–H groups in total. The van der Waals surface area contributed by atoms with E-state index in [1.54, 1.807) is 0 Å². The fraction of sp³-hybridized carbons (Fsp3) is 0. The Kier molecular flexibility index (Phi) is 6.53. The maximum atomic E-state index is 5.43. The van der Waals surface area contributed by atoms with E-state index in [0.717, 1.165) is 120 Å². The van der Waals surface area contributed by atoms with Crippen molar-refractivity contribution in [3.05, 3.63) is 171 Å². The van der Waals surface area contributed by atoms with Crippen LogP contribution in [-0.2, 0) is 0 Å². The lowest BCUT2D eigenvalue weighted by atomic mass is 9.91. The minimum Gasteiger partial charge on any atom is -0.264 e. The van der Waals surface area contributed by atoms with Crippen LogP contribution in [-0.4, -0.2) is 29.9 Å². The lowest BCUT2D eigenvalue weighted by molar-refractivity contribution is 1.36. The van der Waals surface area contributed by atoms with E-state index in [1.807, 2.05) is 55.2 Å². The molecule has 0 radical (unpaired) electrons. The van der Waals surface area contributed by atoms with E-state index in [9.17, 15) is 0 Å². The minimum atomic E-state index is 0.880. The standard InChI is InChI=1S/C50H28N6/c1-2-9-30(10-3-1)46-44-37-13-7-23-52-48(37)39-28-51-26-22-33(39)42(44)35-21-20-32(27-41(35)56-46)29-16-18-31(19-17-29)47-45-38-14-8-25-54-50(38)49-36(12-6-24-53-49)43(45)34-11-4-5-15-40(34)55-47/h1-28H. The van der Waals surface area contributed by atoms with E-state index < -0.39 is 0 Å². The zero-order chi connectivity index (χ0) is 36.7. The largest absolute Gasteiger partial charge is 0.264 e. The van der Waals surface area contributed by atoms with Crippen LogP contribution in [0.3, 0.4) is 0 Å². The molecule has 0 aliphatic heterocycles. The average molecular weight is 713 g/mol. The Labute approximate surface area is 319 Å². The first-order chi connectivity index (χ1) is 27.8. The second kappa shape index (κ2) is 11.9. The number of hydrogen-bond acceptors (Lipinski definition) is 6. The highest BCUT2D eigenvalue weighted by molar-refractivity contribution is 6.34. The monoisotopic (exact) mass is 712 g/mol. The molecule has 12 rings (SSSR count). The molecular formula is C50H28N6. The van der Waals surface area contributed by atoms with Gasteiger partial charge in [-0.15, -0.1) is 0 Å². The molecule has 6 nitrogen and oxygen atoms in total. The summed E-state index contributed by atoms with van der Waals surface area (Å²) in [6.07, 6.45) is 9.34. The fourth-order valence-corrected chi connectivity index (χ4v) is 8.79. The highest BCUT2D eigenvalue weighted by Crippen LogP contribution is 2.44. The van der Waals surface area contributed by atoms with Gasteiger partial charge in [0.1, 0.15) is 0 Å². The SMILES string of the molecule is c1ccc(-c2nc3cc(-c4ccc(-c5nc6ccccc6c6c7cccnc7c7ncccc7c56)cc4)ccc3c3c4ccncc4c4ncccc4c23)cc1. The van der Waals surface area contributed by atoms with E-state index in [2.05, 4.69) is 120 Å². The molecule has 0 fully saturated rings. The third-order valence-corrected chi connectivity index (χ3v) is 11.2. The van der Waals surface area contributed by atoms with Gasteiger partial charge in [-0.3, -0.25) is 19.9 Å². The highest BCUT2D eigenvalue weighted by Gasteiger charge is 2.20. The molecule has 0 aliphatic carbocycles. The highest BCUT2D eigenvalue weighted by atomic mass is 14.8. The van der Waals surface area contributed by atoms with Crippen molar-refractivity contribution in [1.29, 1.82) is 0 Å². The molecule has 6 aromatic heterocycles. The summed E-state index contributed by atoms with van der Waals surface area (Å²) in [6.45, 7) is 0. The topological polar surface area (TPSA) is 77.3 Å². The number of aromatic nitrogens is 6. The van der Waals surface area contributed by atoms with E-state index in [1.165, 1.54) is 0 Å². The molecule has 0 bridgehead atoms. The van der Waals surface area contributed by atoms with Gasteiger partial charge in [0, 0.05) is 96.0 Å². The molecule has 12 aromatic rings. The summed E-state index contributed by atoms with van der Waals surface area (Å²) in [5, 5.41) is 12.0. The summed E-state index contributed by atoms with van der Waals surface area (Å²) in [7, 11) is 0. The number of fused-ring (bicyclic) bond motifs is 16. The Balaban J connectivity index is 1.08. The molecule has 0 spiro atoms. The maximum absolute atomic E-state index is 5.43. The quantitative estimate of drug-likeness (QED) is 0.170. The number of hydrogen-bond donors (Lipinski definition) is 0. The van der Waals surface area contributed by atoms with Crippen molar-refractivity contribution in [2.24, 2.45) is 0 Å². The molecule has 0 saturated heterocycles. The lowest BCUT2D eigenvalue weighted by Crippen LogP contribution is -1.95. The van der Waals surface area contributed by atoms with E-state index in [4.69, 9.17) is 24.9 Å². The Hall–Kier alpha value is -7.70. The second-order valence-electron chi connectivity index (χ2n) is 14.2. The van der Waals surface area contributed by atoms with Crippen molar-refractivity contribution in [2.45, 2.75) is 0 Å². The average Bonchev–Trinajstić information content (AvgIpc) is 3.28. The van der Waals surface area contributed by atoms with Crippen LogP contribution < -0.4 is 0 Å². The van der Waals surface area contributed by atoms with Crippen LogP contribution in [0.2, 0.25) is 0 Å². The first kappa shape index (κ1) is 30.7. The van der Waals surface area contributed by atoms with Crippen molar-refractivity contribution in [2.75, 3.05) is 0 Å². The van der Waals surface area contributed by atoms with Gasteiger partial charge in [0.15, 0.2) is 0 Å². The summed E-state index contributed by atoms with van der Waals surface area (Å²) in [5.74, 6) is 0. The predicted molar refractivity (Wildman–Crippen MR) is 230 cm³/mol. The van der Waals surface area contributed by atoms with Gasteiger partial charge in [-0.2, -0.15) is 0 Å². The zero-order valence-corrected chi connectivity index (χ0v) is 29.8. The molecule has 0 aliphatic rings. The molecule has 0 saturated carbocycles. The summed E-state index contributed by atoms with van der Waals surface area (Å²) in [5.41, 5.74) is 10.7. The Morgan fingerprint density at radius 1 is 0.304 bits per heavy atom. The number of rotatable bonds is 3. The van der Waals surface area contributed by atoms with Crippen molar-refractivity contribution < 1.29 is 0 Å². The predicted octanol–water partition coefficient (Wildman–Crippen LogP) is 12.3. The third kappa shape index (κ3) is 4.44. The van der Waals surface area contributed by atoms with Crippen LogP contribution in [0.5, 0.6) is 0 Å². The summed E-state index contributed by atoms with van der Waals surface area (Å²) in [6, 6.07) is 48.8. The van der Waals surface area contributed by atoms with Crippen molar-refractivity contribution in [1.82, 2.24) is 29.9 Å². The first-order valence-electron chi connectivity index (χ1n) is 18.7. The van der Waals surface area contributed by atoms with E-state index in [0.29, 0.717) is 0 Å². The summed E-state index contributed by atoms with van der Waals surface area (Å²) in [4.78, 5) is 29.7. The molecule has 0 atom stereocenters. The van der Waals surface area contributed by atoms with Gasteiger partial charge in [0.2, 0.25) is 0 Å². The third-order valence-electron chi connectivity index (χ3n) is 11.2. The van der Waals surface area contributed by atoms with Crippen molar-refractivity contribution >= 4 is 86.8 Å². The smallest absolute Gasteiger partial charge is 0.0971 e. The fourth-order valence-electron chi connectivity index (χ4n) is 8.79. The molecule has 6 heteroatoms. The Bertz CT molecular complexity index is 3580. The zero-order valence-electron chi connectivity index (χ0n) is 29.8. The Morgan fingerprint density at radius 2 is 0.839 bits per heavy atom. The van der Waals surface area contributed by atoms with Crippen LogP contribution in [0, 0.1) is 0 Å². The van der Waals surface area contributed by atoms with E-state index in [-0.39, 0.29) is 0 Å². The van der Waals surface area contributed by atoms with Crippen LogP contribution >= 0.6 is 0 Å². The normalized spacial score (nSPS) is 11.9. The van der Waals surface area contributed by atoms with Crippen molar-refractivity contribution in [3.63, 3.8) is 0 Å². The molecule has 0 amide bonds. The molecule has 56 heavy (non-hydrogen) atoms. The number of pyridine rings is 6. The van der Waals surface area contributed by atoms with Crippen molar-refractivity contribution in [3.8, 4) is 33.6 Å². The van der Waals surface area contributed by atoms with Gasteiger partial charge in [0.25, 0.3) is 0 Å². The van der Waals surface area contributed by atoms with Gasteiger partial charge in [-0.1, -0.05) is 103 Å². The van der Waals surface area contributed by atoms with Gasteiger partial charge >= 0.3 is 0 Å². The Morgan fingerprint density at radius 3 is 1.59 bits per heavy atom. The molecular weight excluding hydrogens is 685 g/mol. The van der Waals surface area contributed by atoms with Gasteiger partial charge in [-0.25, -0.2) is 9.97 Å². The number of benzene rings is 6. The molecule has 6 aromatic carbocycles. The van der Waals surface area contributed by atoms with Gasteiger partial charge in [-0.05, 0) is 52.9 Å². The van der Waals surface area contributed by atoms with Crippen LogP contribution in [0.15, 0.2) is 171 Å². The van der Waals surface area contributed by atoms with Crippen LogP contribution in [0.25, 0.3) is 120 Å². The van der Waals surface area contributed by atoms with Crippen LogP contribution in [0.1, 0.15) is 0 Å². The minimum absolute atomic E-state index is 0.880. The summed E-state index contributed by atoms with van der Waals surface area (Å²) < 4.78 is 0.